The van der Waals surface area contributed by atoms with Gasteiger partial charge in [-0.05, 0) is 83.0 Å². The second-order valence-corrected chi connectivity index (χ2v) is 9.08. The lowest BCUT2D eigenvalue weighted by Crippen LogP contribution is -2.24. The molecule has 172 valence electrons. The van der Waals surface area contributed by atoms with Crippen LogP contribution in [0.5, 0.6) is 5.75 Å². The molecule has 1 saturated carbocycles. The van der Waals surface area contributed by atoms with E-state index in [1.807, 2.05) is 0 Å². The maximum atomic E-state index is 14.5. The second kappa shape index (κ2) is 8.77. The van der Waals surface area contributed by atoms with E-state index in [1.54, 1.807) is 52.0 Å². The summed E-state index contributed by atoms with van der Waals surface area (Å²) in [4.78, 5) is 28.5. The summed E-state index contributed by atoms with van der Waals surface area (Å²) in [6, 6.07) is 11.0. The number of halogens is 1. The zero-order valence-electron chi connectivity index (χ0n) is 18.9. The number of aromatic nitrogens is 2. The first-order valence-corrected chi connectivity index (χ1v) is 10.8. The van der Waals surface area contributed by atoms with Crippen molar-refractivity contribution in [1.29, 1.82) is 0 Å². The Labute approximate surface area is 190 Å². The molecule has 0 saturated heterocycles. The molecule has 0 spiro atoms. The van der Waals surface area contributed by atoms with Gasteiger partial charge in [0.05, 0.1) is 5.56 Å². The normalized spacial score (nSPS) is 14.6. The van der Waals surface area contributed by atoms with Crippen LogP contribution in [-0.4, -0.2) is 27.5 Å². The van der Waals surface area contributed by atoms with E-state index in [9.17, 15) is 14.0 Å². The van der Waals surface area contributed by atoms with Crippen LogP contribution in [0.3, 0.4) is 0 Å². The molecule has 1 aliphatic rings. The van der Waals surface area contributed by atoms with Crippen molar-refractivity contribution in [2.45, 2.75) is 52.2 Å². The van der Waals surface area contributed by atoms with Gasteiger partial charge in [0.25, 0.3) is 5.89 Å². The second-order valence-electron chi connectivity index (χ2n) is 9.08. The maximum absolute atomic E-state index is 14.5. The fourth-order valence-electron chi connectivity index (χ4n) is 3.20. The largest absolute Gasteiger partial charge is 0.481 e. The molecule has 2 aromatic carbocycles. The fraction of sp³-hybridized carbons (Fsp3) is 0.360. The third-order valence-corrected chi connectivity index (χ3v) is 5.04. The number of hydrogen-bond donors (Lipinski definition) is 0. The van der Waals surface area contributed by atoms with Crippen LogP contribution < -0.4 is 4.74 Å². The molecule has 4 rings (SSSR count). The van der Waals surface area contributed by atoms with Crippen LogP contribution in [-0.2, 0) is 4.74 Å². The first-order chi connectivity index (χ1) is 15.6. The SMILES string of the molecule is C[C@@H](Oc1ccc(C(=O)C2CC2)cc1)c1nc(-c2ccc(C(=O)OC(C)(C)C)c(F)c2)no1. The van der Waals surface area contributed by atoms with Gasteiger partial charge < -0.3 is 14.0 Å². The van der Waals surface area contributed by atoms with Crippen LogP contribution in [0.1, 0.15) is 73.2 Å². The molecule has 1 aliphatic carbocycles. The first kappa shape index (κ1) is 22.6. The lowest BCUT2D eigenvalue weighted by atomic mass is 10.1. The zero-order chi connectivity index (χ0) is 23.8. The van der Waals surface area contributed by atoms with Crippen LogP contribution in [0.25, 0.3) is 11.4 Å². The maximum Gasteiger partial charge on any atom is 0.341 e. The Morgan fingerprint density at radius 3 is 2.42 bits per heavy atom. The molecule has 0 bridgehead atoms. The van der Waals surface area contributed by atoms with Gasteiger partial charge in [0.2, 0.25) is 5.82 Å². The van der Waals surface area contributed by atoms with E-state index in [0.717, 1.165) is 18.9 Å². The van der Waals surface area contributed by atoms with Gasteiger partial charge in [-0.3, -0.25) is 4.79 Å². The zero-order valence-corrected chi connectivity index (χ0v) is 18.9. The number of Topliss-reactive ketones (excluding diaryl/α,β-unsaturated/α-hetero) is 1. The van der Waals surface area contributed by atoms with E-state index in [-0.39, 0.29) is 29.0 Å². The highest BCUT2D eigenvalue weighted by atomic mass is 19.1. The first-order valence-electron chi connectivity index (χ1n) is 10.8. The summed E-state index contributed by atoms with van der Waals surface area (Å²) in [5.74, 6) is -0.218. The smallest absolute Gasteiger partial charge is 0.341 e. The average Bonchev–Trinajstić information content (AvgIpc) is 3.48. The van der Waals surface area contributed by atoms with E-state index in [1.165, 1.54) is 12.1 Å². The summed E-state index contributed by atoms with van der Waals surface area (Å²) in [6.07, 6.45) is 1.35. The minimum Gasteiger partial charge on any atom is -0.481 e. The Hall–Kier alpha value is -3.55. The van der Waals surface area contributed by atoms with Crippen LogP contribution in [0.4, 0.5) is 4.39 Å². The van der Waals surface area contributed by atoms with E-state index in [4.69, 9.17) is 14.0 Å². The third-order valence-electron chi connectivity index (χ3n) is 5.04. The highest BCUT2D eigenvalue weighted by molar-refractivity contribution is 5.99. The molecule has 1 atom stereocenters. The molecule has 1 aromatic heterocycles. The van der Waals surface area contributed by atoms with Crippen molar-refractivity contribution in [2.24, 2.45) is 5.92 Å². The molecule has 7 nitrogen and oxygen atoms in total. The molecule has 33 heavy (non-hydrogen) atoms. The number of ketones is 1. The number of benzene rings is 2. The summed E-state index contributed by atoms with van der Waals surface area (Å²) >= 11 is 0. The van der Waals surface area contributed by atoms with Crippen molar-refractivity contribution in [3.8, 4) is 17.1 Å². The van der Waals surface area contributed by atoms with Gasteiger partial charge in [-0.25, -0.2) is 9.18 Å². The van der Waals surface area contributed by atoms with Crippen LogP contribution >= 0.6 is 0 Å². The van der Waals surface area contributed by atoms with Crippen molar-refractivity contribution < 1.29 is 28.0 Å². The van der Waals surface area contributed by atoms with E-state index in [2.05, 4.69) is 10.1 Å². The molecular formula is C25H25FN2O5. The van der Waals surface area contributed by atoms with Gasteiger partial charge >= 0.3 is 5.97 Å². The lowest BCUT2D eigenvalue weighted by Gasteiger charge is -2.19. The van der Waals surface area contributed by atoms with Crippen molar-refractivity contribution in [1.82, 2.24) is 10.1 Å². The molecule has 0 aliphatic heterocycles. The van der Waals surface area contributed by atoms with Gasteiger partial charge in [0.15, 0.2) is 11.9 Å². The van der Waals surface area contributed by atoms with Crippen LogP contribution in [0.2, 0.25) is 0 Å². The van der Waals surface area contributed by atoms with E-state index in [0.29, 0.717) is 16.9 Å². The fourth-order valence-corrected chi connectivity index (χ4v) is 3.20. The Morgan fingerprint density at radius 1 is 1.12 bits per heavy atom. The number of hydrogen-bond acceptors (Lipinski definition) is 7. The molecule has 0 amide bonds. The summed E-state index contributed by atoms with van der Waals surface area (Å²) in [7, 11) is 0. The van der Waals surface area contributed by atoms with Crippen LogP contribution in [0.15, 0.2) is 47.0 Å². The Bertz CT molecular complexity index is 1180. The molecule has 8 heteroatoms. The minimum absolute atomic E-state index is 0.163. The number of esters is 1. The molecule has 1 fully saturated rings. The molecule has 0 N–H and O–H groups in total. The summed E-state index contributed by atoms with van der Waals surface area (Å²) in [6.45, 7) is 6.88. The van der Waals surface area contributed by atoms with E-state index < -0.39 is 23.5 Å². The number of carbonyl (C=O) groups excluding carboxylic acids is 2. The molecule has 3 aromatic rings. The summed E-state index contributed by atoms with van der Waals surface area (Å²) < 4.78 is 30.9. The van der Waals surface area contributed by atoms with Crippen molar-refractivity contribution in [2.75, 3.05) is 0 Å². The van der Waals surface area contributed by atoms with Gasteiger partial charge in [-0.15, -0.1) is 0 Å². The quantitative estimate of drug-likeness (QED) is 0.342. The topological polar surface area (TPSA) is 91.5 Å². The van der Waals surface area contributed by atoms with Gasteiger partial charge in [-0.1, -0.05) is 5.16 Å². The summed E-state index contributed by atoms with van der Waals surface area (Å²) in [5.41, 5.74) is 0.130. The minimum atomic E-state index is -0.743. The molecule has 1 heterocycles. The lowest BCUT2D eigenvalue weighted by molar-refractivity contribution is 0.00646. The third kappa shape index (κ3) is 5.45. The van der Waals surface area contributed by atoms with Crippen molar-refractivity contribution >= 4 is 11.8 Å². The van der Waals surface area contributed by atoms with Gasteiger partial charge in [0, 0.05) is 17.0 Å². The van der Waals surface area contributed by atoms with Crippen molar-refractivity contribution in [3.05, 3.63) is 65.3 Å². The standard InChI is InChI=1S/C25H25FN2O5/c1-14(31-18-10-7-16(8-11-18)21(29)15-5-6-15)23-27-22(28-33-23)17-9-12-19(20(26)13-17)24(30)32-25(2,3)4/h7-15H,5-6H2,1-4H3/t14-/m1/s1. The van der Waals surface area contributed by atoms with Crippen LogP contribution in [0, 0.1) is 11.7 Å². The van der Waals surface area contributed by atoms with Gasteiger partial charge in [0.1, 0.15) is 17.2 Å². The monoisotopic (exact) mass is 452 g/mol. The predicted octanol–water partition coefficient (Wildman–Crippen LogP) is 5.56. The summed E-state index contributed by atoms with van der Waals surface area (Å²) in [5, 5.41) is 3.89. The Kier molecular flexibility index (Phi) is 6.01. The Morgan fingerprint density at radius 2 is 1.82 bits per heavy atom. The average molecular weight is 452 g/mol. The number of rotatable bonds is 7. The Balaban J connectivity index is 1.43. The number of ether oxygens (including phenoxy) is 2. The molecular weight excluding hydrogens is 427 g/mol. The molecule has 0 radical (unpaired) electrons. The highest BCUT2D eigenvalue weighted by Crippen LogP contribution is 2.33. The van der Waals surface area contributed by atoms with E-state index >= 15 is 0 Å². The predicted molar refractivity (Wildman–Crippen MR) is 117 cm³/mol. The van der Waals surface area contributed by atoms with Crippen molar-refractivity contribution in [3.63, 3.8) is 0 Å². The number of nitrogens with zero attached hydrogens (tertiary/aromatic N) is 2. The van der Waals surface area contributed by atoms with Gasteiger partial charge in [-0.2, -0.15) is 4.98 Å². The highest BCUT2D eigenvalue weighted by Gasteiger charge is 2.30. The number of carbonyl (C=O) groups is 2. The molecule has 0 unspecified atom stereocenters.